The summed E-state index contributed by atoms with van der Waals surface area (Å²) in [6.07, 6.45) is 2.16. The quantitative estimate of drug-likeness (QED) is 0.791. The Bertz CT molecular complexity index is 681. The van der Waals surface area contributed by atoms with Gasteiger partial charge in [0, 0.05) is 12.8 Å². The predicted octanol–water partition coefficient (Wildman–Crippen LogP) is 3.86. The lowest BCUT2D eigenvalue weighted by Crippen LogP contribution is -2.47. The molecule has 0 saturated heterocycles. The van der Waals surface area contributed by atoms with Crippen molar-refractivity contribution in [3.05, 3.63) is 35.4 Å². The van der Waals surface area contributed by atoms with E-state index in [4.69, 9.17) is 4.74 Å². The third-order valence-electron chi connectivity index (χ3n) is 4.47. The Kier molecular flexibility index (Phi) is 5.13. The highest BCUT2D eigenvalue weighted by Gasteiger charge is 2.51. The third-order valence-corrected chi connectivity index (χ3v) is 4.47. The molecule has 0 aliphatic heterocycles. The topological polar surface area (TPSA) is 67.2 Å². The average Bonchev–Trinajstić information content (AvgIpc) is 2.47. The first-order valence-corrected chi connectivity index (χ1v) is 8.42. The molecule has 1 fully saturated rings. The van der Waals surface area contributed by atoms with E-state index < -0.39 is 17.0 Å². The summed E-state index contributed by atoms with van der Waals surface area (Å²) in [6, 6.07) is 9.65. The molecule has 0 spiro atoms. The van der Waals surface area contributed by atoms with Crippen molar-refractivity contribution in [3.8, 4) is 6.07 Å². The number of rotatable bonds is 3. The minimum Gasteiger partial charge on any atom is -0.459 e. The lowest BCUT2D eigenvalue weighted by atomic mass is 9.65. The zero-order valence-electron chi connectivity index (χ0n) is 14.9. The number of hydrogen-bond donors (Lipinski definition) is 0. The van der Waals surface area contributed by atoms with Gasteiger partial charge in [-0.2, -0.15) is 5.26 Å². The first-order valence-electron chi connectivity index (χ1n) is 8.42. The summed E-state index contributed by atoms with van der Waals surface area (Å²) in [4.78, 5) is 25.1. The second kappa shape index (κ2) is 6.76. The van der Waals surface area contributed by atoms with Gasteiger partial charge in [0.1, 0.15) is 11.4 Å². The molecule has 0 N–H and O–H groups in total. The van der Waals surface area contributed by atoms with E-state index in [0.29, 0.717) is 24.8 Å². The van der Waals surface area contributed by atoms with Gasteiger partial charge in [-0.3, -0.25) is 4.79 Å². The third kappa shape index (κ3) is 3.67. The largest absolute Gasteiger partial charge is 0.459 e. The van der Waals surface area contributed by atoms with Gasteiger partial charge in [-0.15, -0.1) is 0 Å². The zero-order valence-corrected chi connectivity index (χ0v) is 14.9. The molecule has 1 aromatic rings. The number of Topliss-reactive ketones (excluding diaryl/α,β-unsaturated/α-hetero) is 1. The number of carbonyl (C=O) groups is 2. The summed E-state index contributed by atoms with van der Waals surface area (Å²) >= 11 is 0. The normalized spacial score (nSPS) is 20.8. The Morgan fingerprint density at radius 1 is 1.33 bits per heavy atom. The molecule has 2 rings (SSSR count). The molecule has 0 aromatic heterocycles. The molecule has 4 heteroatoms. The number of nitriles is 1. The maximum absolute atomic E-state index is 13.1. The van der Waals surface area contributed by atoms with Crippen LogP contribution in [0, 0.1) is 24.2 Å². The van der Waals surface area contributed by atoms with Crippen LogP contribution in [0.3, 0.4) is 0 Å². The van der Waals surface area contributed by atoms with Gasteiger partial charge in [0.15, 0.2) is 5.41 Å². The van der Waals surface area contributed by atoms with E-state index in [1.54, 1.807) is 26.8 Å². The van der Waals surface area contributed by atoms with Gasteiger partial charge in [-0.05, 0) is 52.0 Å². The molecule has 1 aliphatic carbocycles. The Morgan fingerprint density at radius 3 is 2.58 bits per heavy atom. The Morgan fingerprint density at radius 2 is 2.04 bits per heavy atom. The van der Waals surface area contributed by atoms with Crippen molar-refractivity contribution in [2.45, 2.75) is 64.4 Å². The number of ether oxygens (including phenoxy) is 1. The van der Waals surface area contributed by atoms with Crippen LogP contribution in [0.25, 0.3) is 0 Å². The minimum atomic E-state index is -1.44. The number of esters is 1. The number of hydrogen-bond acceptors (Lipinski definition) is 4. The average molecular weight is 327 g/mol. The highest BCUT2D eigenvalue weighted by atomic mass is 16.6. The molecule has 2 unspecified atom stereocenters. The first-order chi connectivity index (χ1) is 11.2. The van der Waals surface area contributed by atoms with Crippen LogP contribution in [-0.2, 0) is 19.7 Å². The van der Waals surface area contributed by atoms with Crippen LogP contribution in [0.2, 0.25) is 0 Å². The lowest BCUT2D eigenvalue weighted by molar-refractivity contribution is -0.162. The summed E-state index contributed by atoms with van der Waals surface area (Å²) in [6.45, 7) is 7.28. The molecule has 128 valence electrons. The van der Waals surface area contributed by atoms with Crippen LogP contribution in [-0.4, -0.2) is 17.4 Å². The van der Waals surface area contributed by atoms with Gasteiger partial charge in [0.2, 0.25) is 0 Å². The van der Waals surface area contributed by atoms with Gasteiger partial charge in [0.25, 0.3) is 0 Å². The van der Waals surface area contributed by atoms with Crippen LogP contribution < -0.4 is 0 Å². The summed E-state index contributed by atoms with van der Waals surface area (Å²) in [7, 11) is 0. The van der Waals surface area contributed by atoms with Crippen molar-refractivity contribution >= 4 is 11.8 Å². The molecular formula is C20H25NO3. The number of aryl methyl sites for hydroxylation is 1. The van der Waals surface area contributed by atoms with Crippen LogP contribution in [0.15, 0.2) is 24.3 Å². The maximum Gasteiger partial charge on any atom is 0.331 e. The Labute approximate surface area is 143 Å². The van der Waals surface area contributed by atoms with E-state index in [1.165, 1.54) is 0 Å². The van der Waals surface area contributed by atoms with E-state index in [0.717, 1.165) is 5.56 Å². The molecule has 1 aliphatic rings. The van der Waals surface area contributed by atoms with E-state index in [1.807, 2.05) is 25.1 Å². The predicted molar refractivity (Wildman–Crippen MR) is 91.3 cm³/mol. The van der Waals surface area contributed by atoms with Gasteiger partial charge >= 0.3 is 5.97 Å². The van der Waals surface area contributed by atoms with E-state index in [-0.39, 0.29) is 18.1 Å². The molecule has 24 heavy (non-hydrogen) atoms. The number of nitrogens with zero attached hydrogens (tertiary/aromatic N) is 1. The van der Waals surface area contributed by atoms with E-state index >= 15 is 0 Å². The molecule has 0 heterocycles. The number of benzene rings is 1. The van der Waals surface area contributed by atoms with Crippen LogP contribution >= 0.6 is 0 Å². The molecule has 4 nitrogen and oxygen atoms in total. The fourth-order valence-electron chi connectivity index (χ4n) is 3.36. The number of carbonyl (C=O) groups excluding carboxylic acids is 2. The second-order valence-electron chi connectivity index (χ2n) is 7.62. The summed E-state index contributed by atoms with van der Waals surface area (Å²) in [5.41, 5.74) is -0.534. The van der Waals surface area contributed by atoms with Crippen molar-refractivity contribution < 1.29 is 14.3 Å². The molecule has 0 bridgehead atoms. The number of ketones is 1. The van der Waals surface area contributed by atoms with E-state index in [9.17, 15) is 14.9 Å². The van der Waals surface area contributed by atoms with Crippen molar-refractivity contribution in [2.24, 2.45) is 5.92 Å². The molecular weight excluding hydrogens is 302 g/mol. The smallest absolute Gasteiger partial charge is 0.331 e. The first kappa shape index (κ1) is 18.2. The van der Waals surface area contributed by atoms with Crippen molar-refractivity contribution in [1.29, 1.82) is 5.26 Å². The standard InChI is InChI=1S/C20H25NO3/c1-14-7-5-8-15(11-14)20(13-21,18(23)24-19(2,3)4)16-9-6-10-17(22)12-16/h5,7-8,11,16H,6,9-10,12H2,1-4H3. The summed E-state index contributed by atoms with van der Waals surface area (Å²) < 4.78 is 5.60. The molecule has 1 saturated carbocycles. The van der Waals surface area contributed by atoms with Crippen LogP contribution in [0.4, 0.5) is 0 Å². The second-order valence-corrected chi connectivity index (χ2v) is 7.62. The zero-order chi connectivity index (χ0) is 18.0. The fraction of sp³-hybridized carbons (Fsp3) is 0.550. The van der Waals surface area contributed by atoms with Gasteiger partial charge in [-0.25, -0.2) is 4.79 Å². The maximum atomic E-state index is 13.1. The van der Waals surface area contributed by atoms with Crippen LogP contribution in [0.5, 0.6) is 0 Å². The summed E-state index contributed by atoms with van der Waals surface area (Å²) in [5.74, 6) is -0.787. The lowest BCUT2D eigenvalue weighted by Gasteiger charge is -2.37. The monoisotopic (exact) mass is 327 g/mol. The molecule has 1 aromatic carbocycles. The highest BCUT2D eigenvalue weighted by Crippen LogP contribution is 2.42. The van der Waals surface area contributed by atoms with Crippen molar-refractivity contribution in [3.63, 3.8) is 0 Å². The van der Waals surface area contributed by atoms with Gasteiger partial charge in [-0.1, -0.05) is 29.8 Å². The van der Waals surface area contributed by atoms with Gasteiger partial charge < -0.3 is 4.74 Å². The minimum absolute atomic E-state index is 0.113. The summed E-state index contributed by atoms with van der Waals surface area (Å²) in [5, 5.41) is 10.1. The Hall–Kier alpha value is -2.15. The molecule has 0 radical (unpaired) electrons. The Balaban J connectivity index is 2.56. The molecule has 2 atom stereocenters. The van der Waals surface area contributed by atoms with Crippen LogP contribution in [0.1, 0.15) is 57.6 Å². The highest BCUT2D eigenvalue weighted by molar-refractivity contribution is 5.89. The van der Waals surface area contributed by atoms with Crippen molar-refractivity contribution in [2.75, 3.05) is 0 Å². The fourth-order valence-corrected chi connectivity index (χ4v) is 3.36. The SMILES string of the molecule is Cc1cccc(C(C#N)(C(=O)OC(C)(C)C)C2CCCC(=O)C2)c1. The van der Waals surface area contributed by atoms with Crippen molar-refractivity contribution in [1.82, 2.24) is 0 Å². The molecule has 0 amide bonds. The van der Waals surface area contributed by atoms with E-state index in [2.05, 4.69) is 6.07 Å². The van der Waals surface area contributed by atoms with Gasteiger partial charge in [0.05, 0.1) is 6.07 Å².